The van der Waals surface area contributed by atoms with Gasteiger partial charge in [-0.1, -0.05) is 25.3 Å². The number of nitrogens with zero attached hydrogens (tertiary/aromatic N) is 1. The summed E-state index contributed by atoms with van der Waals surface area (Å²) in [6.07, 6.45) is 8.30. The van der Waals surface area contributed by atoms with E-state index in [0.717, 1.165) is 22.3 Å². The summed E-state index contributed by atoms with van der Waals surface area (Å²) in [5.41, 5.74) is 7.62. The predicted octanol–water partition coefficient (Wildman–Crippen LogP) is 0.391. The summed E-state index contributed by atoms with van der Waals surface area (Å²) in [5, 5.41) is 26.8. The van der Waals surface area contributed by atoms with Crippen LogP contribution in [0.4, 0.5) is 0 Å². The van der Waals surface area contributed by atoms with Gasteiger partial charge < -0.3 is 35.1 Å². The van der Waals surface area contributed by atoms with E-state index in [0.29, 0.717) is 55.8 Å². The number of carboxylic acid groups (broad SMARTS) is 2. The van der Waals surface area contributed by atoms with E-state index in [2.05, 4.69) is 33.4 Å². The van der Waals surface area contributed by atoms with E-state index < -0.39 is 11.9 Å². The Bertz CT molecular complexity index is 1860. The third-order valence-electron chi connectivity index (χ3n) is 7.85. The molecule has 0 bridgehead atoms. The molecule has 0 unspecified atom stereocenters. The number of aromatic amines is 2. The molecule has 10 heteroatoms. The highest BCUT2D eigenvalue weighted by Crippen LogP contribution is 2.27. The standard InChI is InChI=1S/C33H34N4O6/c1-7-20-19(6)32(42)37-27(20)14-25-18(5)23(10-12-31(40)41)29(35-25)15-28-22(9-11-30(38)39)17(4)24(34-28)13-26-16(3)21(8-2)33(43)36-26/h7-8,13-15,34-35H,1-2,9-12H2,3-6H3,(H,37,42)(H,38,39)(H,40,41)/p-2/b24-13-,27-14-,28-15+. The van der Waals surface area contributed by atoms with Gasteiger partial charge in [-0.25, -0.2) is 4.99 Å². The molecule has 0 saturated heterocycles. The highest BCUT2D eigenvalue weighted by atomic mass is 16.4. The molecule has 2 aliphatic rings. The van der Waals surface area contributed by atoms with Crippen LogP contribution in [0, 0.1) is 13.8 Å². The van der Waals surface area contributed by atoms with E-state index in [1.807, 2.05) is 13.8 Å². The molecule has 2 aromatic rings. The number of carbonyl (C=O) groups excluding carboxylic acids is 4. The number of allylic oxidation sites excluding steroid dienone is 2. The fourth-order valence-corrected chi connectivity index (χ4v) is 5.33. The predicted molar refractivity (Wildman–Crippen MR) is 159 cm³/mol. The minimum absolute atomic E-state index is 0.173. The minimum Gasteiger partial charge on any atom is -0.550 e. The molecule has 0 saturated carbocycles. The van der Waals surface area contributed by atoms with Crippen molar-refractivity contribution in [2.45, 2.75) is 53.4 Å². The lowest BCUT2D eigenvalue weighted by Gasteiger charge is -2.05. The molecule has 10 nitrogen and oxygen atoms in total. The van der Waals surface area contributed by atoms with Crippen molar-refractivity contribution in [3.05, 3.63) is 97.6 Å². The zero-order valence-corrected chi connectivity index (χ0v) is 24.5. The number of aliphatic carboxylic acids is 2. The van der Waals surface area contributed by atoms with Gasteiger partial charge in [-0.2, -0.15) is 0 Å². The van der Waals surface area contributed by atoms with Gasteiger partial charge in [-0.3, -0.25) is 9.59 Å². The van der Waals surface area contributed by atoms with Crippen LogP contribution in [0.3, 0.4) is 0 Å². The second kappa shape index (κ2) is 12.3. The fraction of sp³-hybridized carbons (Fsp3) is 0.242. The zero-order chi connectivity index (χ0) is 31.6. The lowest BCUT2D eigenvalue weighted by Crippen LogP contribution is -2.23. The summed E-state index contributed by atoms with van der Waals surface area (Å²) in [7, 11) is 0. The van der Waals surface area contributed by atoms with Crippen molar-refractivity contribution >= 4 is 47.7 Å². The van der Waals surface area contributed by atoms with Gasteiger partial charge in [0.15, 0.2) is 0 Å². The highest BCUT2D eigenvalue weighted by molar-refractivity contribution is 6.31. The Morgan fingerprint density at radius 2 is 1.40 bits per heavy atom. The van der Waals surface area contributed by atoms with E-state index in [4.69, 9.17) is 0 Å². The molecule has 2 aromatic heterocycles. The normalized spacial score (nSPS) is 16.9. The molecule has 4 heterocycles. The fourth-order valence-electron chi connectivity index (χ4n) is 5.33. The molecule has 4 rings (SSSR count). The molecule has 0 radical (unpaired) electrons. The van der Waals surface area contributed by atoms with Gasteiger partial charge in [0.05, 0.1) is 11.4 Å². The molecule has 0 atom stereocenters. The maximum atomic E-state index is 12.3. The summed E-state index contributed by atoms with van der Waals surface area (Å²) in [6.45, 7) is 14.7. The number of nitrogens with one attached hydrogen (secondary N) is 3. The third-order valence-corrected chi connectivity index (χ3v) is 7.85. The van der Waals surface area contributed by atoms with Crippen LogP contribution in [0.15, 0.2) is 58.3 Å². The molecule has 43 heavy (non-hydrogen) atoms. The molecule has 0 spiro atoms. The Kier molecular flexibility index (Phi) is 8.80. The number of hydrogen-bond donors (Lipinski definition) is 3. The number of H-pyrrole nitrogens is 2. The van der Waals surface area contributed by atoms with Crippen molar-refractivity contribution in [1.29, 1.82) is 0 Å². The van der Waals surface area contributed by atoms with Crippen molar-refractivity contribution in [3.8, 4) is 0 Å². The van der Waals surface area contributed by atoms with Crippen LogP contribution in [0.25, 0.3) is 18.2 Å². The molecular weight excluding hydrogens is 548 g/mol. The lowest BCUT2D eigenvalue weighted by molar-refractivity contribution is -0.307. The lowest BCUT2D eigenvalue weighted by atomic mass is 10.0. The van der Waals surface area contributed by atoms with Gasteiger partial charge >= 0.3 is 0 Å². The number of aliphatic imine (C=N–C) groups is 1. The molecule has 222 valence electrons. The Hall–Kier alpha value is -5.25. The number of carbonyl (C=O) groups is 4. The summed E-state index contributed by atoms with van der Waals surface area (Å²) in [6, 6.07) is 0. The average Bonchev–Trinajstić information content (AvgIpc) is 3.59. The van der Waals surface area contributed by atoms with Gasteiger partial charge in [0.25, 0.3) is 11.8 Å². The van der Waals surface area contributed by atoms with Crippen LogP contribution < -0.4 is 26.2 Å². The van der Waals surface area contributed by atoms with Crippen LogP contribution in [0.1, 0.15) is 60.3 Å². The largest absolute Gasteiger partial charge is 0.550 e. The molecule has 3 N–H and O–H groups in total. The number of hydrogen-bond acceptors (Lipinski definition) is 6. The topological polar surface area (TPSA) is 170 Å². The first kappa shape index (κ1) is 30.7. The molecule has 0 aliphatic carbocycles. The summed E-state index contributed by atoms with van der Waals surface area (Å²) in [4.78, 5) is 58.1. The molecular formula is C33H32N4O6-2. The van der Waals surface area contributed by atoms with Crippen LogP contribution in [0.2, 0.25) is 0 Å². The third kappa shape index (κ3) is 6.18. The second-order valence-electron chi connectivity index (χ2n) is 10.4. The van der Waals surface area contributed by atoms with Gasteiger partial charge in [-0.15, -0.1) is 0 Å². The molecule has 2 amide bonds. The summed E-state index contributed by atoms with van der Waals surface area (Å²) in [5.74, 6) is -3.00. The van der Waals surface area contributed by atoms with Crippen molar-refractivity contribution in [3.63, 3.8) is 0 Å². The zero-order valence-electron chi connectivity index (χ0n) is 24.5. The van der Waals surface area contributed by atoms with Crippen molar-refractivity contribution in [2.75, 3.05) is 0 Å². The van der Waals surface area contributed by atoms with E-state index >= 15 is 0 Å². The van der Waals surface area contributed by atoms with Crippen LogP contribution in [0.5, 0.6) is 0 Å². The van der Waals surface area contributed by atoms with E-state index in [-0.39, 0.29) is 37.5 Å². The minimum atomic E-state index is -1.20. The summed E-state index contributed by atoms with van der Waals surface area (Å²) >= 11 is 0. The smallest absolute Gasteiger partial charge is 0.277 e. The maximum Gasteiger partial charge on any atom is 0.277 e. The van der Waals surface area contributed by atoms with Gasteiger partial charge in [0.2, 0.25) is 0 Å². The molecule has 0 fully saturated rings. The van der Waals surface area contributed by atoms with Crippen molar-refractivity contribution in [2.24, 2.45) is 4.99 Å². The van der Waals surface area contributed by atoms with Crippen LogP contribution >= 0.6 is 0 Å². The average molecular weight is 581 g/mol. The first-order chi connectivity index (χ1) is 20.4. The van der Waals surface area contributed by atoms with Crippen LogP contribution in [-0.2, 0) is 32.0 Å². The second-order valence-corrected chi connectivity index (χ2v) is 10.4. The summed E-state index contributed by atoms with van der Waals surface area (Å²) < 4.78 is 0. The number of carboxylic acids is 2. The highest BCUT2D eigenvalue weighted by Gasteiger charge is 2.23. The Labute approximate surface area is 248 Å². The number of aromatic nitrogens is 2. The Morgan fingerprint density at radius 3 is 1.98 bits per heavy atom. The van der Waals surface area contributed by atoms with Gasteiger partial charge in [-0.05, 0) is 99.4 Å². The maximum absolute atomic E-state index is 12.3. The SMILES string of the molecule is C=CC1=C(C)C(/C=c2\[nH]/c(=C/c3[nH]c(/C=C4\NC(=O)C(C)=C4C=C)c(C)c3CCC(=O)[O-])c(CCC(=O)[O-])c2C)=NC1=O. The Morgan fingerprint density at radius 1 is 0.767 bits per heavy atom. The van der Waals surface area contributed by atoms with Gasteiger partial charge in [0.1, 0.15) is 0 Å². The van der Waals surface area contributed by atoms with E-state index in [9.17, 15) is 29.4 Å². The number of amides is 2. The van der Waals surface area contributed by atoms with E-state index in [1.165, 1.54) is 6.08 Å². The van der Waals surface area contributed by atoms with Crippen molar-refractivity contribution < 1.29 is 29.4 Å². The monoisotopic (exact) mass is 580 g/mol. The van der Waals surface area contributed by atoms with Crippen molar-refractivity contribution in [1.82, 2.24) is 15.3 Å². The first-order valence-electron chi connectivity index (χ1n) is 13.7. The Balaban J connectivity index is 1.92. The quantitative estimate of drug-likeness (QED) is 0.347. The van der Waals surface area contributed by atoms with E-state index in [1.54, 1.807) is 38.2 Å². The van der Waals surface area contributed by atoms with Crippen LogP contribution in [-0.4, -0.2) is 39.4 Å². The molecule has 2 aliphatic heterocycles. The first-order valence-corrected chi connectivity index (χ1v) is 13.7. The van der Waals surface area contributed by atoms with Gasteiger partial charge in [0, 0.05) is 50.7 Å². The number of rotatable bonds is 11. The molecule has 0 aromatic carbocycles.